The molecule has 0 aliphatic heterocycles. The Morgan fingerprint density at radius 3 is 2.62 bits per heavy atom. The predicted molar refractivity (Wildman–Crippen MR) is 97.9 cm³/mol. The number of carbonyl (C=O) groups is 2. The fraction of sp³-hybridized carbons (Fsp3) is 0.158. The van der Waals surface area contributed by atoms with Crippen LogP contribution in [0.3, 0.4) is 0 Å². The zero-order chi connectivity index (χ0) is 18.4. The van der Waals surface area contributed by atoms with E-state index in [0.717, 1.165) is 22.6 Å². The maximum absolute atomic E-state index is 12.0. The van der Waals surface area contributed by atoms with Crippen LogP contribution in [0.15, 0.2) is 59.2 Å². The van der Waals surface area contributed by atoms with Crippen molar-refractivity contribution in [3.05, 3.63) is 71.0 Å². The Morgan fingerprint density at radius 2 is 1.88 bits per heavy atom. The summed E-state index contributed by atoms with van der Waals surface area (Å²) in [5.74, 6) is 0.103. The van der Waals surface area contributed by atoms with Crippen LogP contribution in [-0.4, -0.2) is 25.1 Å². The van der Waals surface area contributed by atoms with E-state index in [0.29, 0.717) is 9.88 Å². The van der Waals surface area contributed by atoms with E-state index in [1.54, 1.807) is 24.3 Å². The molecule has 0 radical (unpaired) electrons. The van der Waals surface area contributed by atoms with Gasteiger partial charge in [-0.3, -0.25) is 4.79 Å². The maximum atomic E-state index is 12.0. The first-order valence-corrected chi connectivity index (χ1v) is 8.75. The van der Waals surface area contributed by atoms with Crippen LogP contribution in [0, 0.1) is 6.92 Å². The second-order valence-electron chi connectivity index (χ2n) is 5.39. The molecule has 1 amide bonds. The summed E-state index contributed by atoms with van der Waals surface area (Å²) < 4.78 is 15.7. The van der Waals surface area contributed by atoms with Crippen molar-refractivity contribution < 1.29 is 23.5 Å². The van der Waals surface area contributed by atoms with E-state index in [2.05, 4.69) is 5.32 Å². The molecule has 134 valence electrons. The molecule has 0 saturated heterocycles. The molecule has 0 aliphatic carbocycles. The molecule has 3 rings (SSSR count). The average molecular weight is 371 g/mol. The number of furan rings is 1. The second kappa shape index (κ2) is 8.35. The molecule has 6 nitrogen and oxygen atoms in total. The Labute approximate surface area is 154 Å². The third-order valence-corrected chi connectivity index (χ3v) is 4.38. The second-order valence-corrected chi connectivity index (χ2v) is 6.48. The molecule has 0 unspecified atom stereocenters. The van der Waals surface area contributed by atoms with Gasteiger partial charge in [0, 0.05) is 0 Å². The van der Waals surface area contributed by atoms with Gasteiger partial charge in [-0.2, -0.15) is 0 Å². The van der Waals surface area contributed by atoms with E-state index in [1.807, 2.05) is 31.2 Å². The summed E-state index contributed by atoms with van der Waals surface area (Å²) >= 11 is 1.13. The van der Waals surface area contributed by atoms with Crippen molar-refractivity contribution in [3.63, 3.8) is 0 Å². The molecule has 0 aliphatic rings. The summed E-state index contributed by atoms with van der Waals surface area (Å²) in [5, 5.41) is 3.20. The van der Waals surface area contributed by atoms with Gasteiger partial charge in [0.1, 0.15) is 23.8 Å². The SMILES string of the molecule is Cc1ccc(OCCOC(=O)c2ccc(NC(=O)c3ccco3)s2)cc1. The Balaban J connectivity index is 1.44. The van der Waals surface area contributed by atoms with E-state index < -0.39 is 5.97 Å². The summed E-state index contributed by atoms with van der Waals surface area (Å²) in [6.45, 7) is 2.40. The number of benzene rings is 1. The lowest BCUT2D eigenvalue weighted by molar-refractivity contribution is 0.0456. The van der Waals surface area contributed by atoms with Gasteiger partial charge in [0.05, 0.1) is 11.3 Å². The van der Waals surface area contributed by atoms with Crippen molar-refractivity contribution in [1.82, 2.24) is 0 Å². The first-order valence-electron chi connectivity index (χ1n) is 7.93. The number of aryl methyl sites for hydroxylation is 1. The summed E-state index contributed by atoms with van der Waals surface area (Å²) in [6.07, 6.45) is 1.42. The van der Waals surface area contributed by atoms with Gasteiger partial charge in [-0.15, -0.1) is 11.3 Å². The number of thiophene rings is 1. The third kappa shape index (κ3) is 4.73. The highest BCUT2D eigenvalue weighted by Crippen LogP contribution is 2.23. The number of anilines is 1. The van der Waals surface area contributed by atoms with Gasteiger partial charge in [-0.25, -0.2) is 4.79 Å². The van der Waals surface area contributed by atoms with Gasteiger partial charge in [0.15, 0.2) is 5.76 Å². The molecule has 0 fully saturated rings. The van der Waals surface area contributed by atoms with Gasteiger partial charge in [0.2, 0.25) is 0 Å². The summed E-state index contributed by atoms with van der Waals surface area (Å²) in [4.78, 5) is 24.3. The molecule has 0 saturated carbocycles. The Morgan fingerprint density at radius 1 is 1.08 bits per heavy atom. The third-order valence-electron chi connectivity index (χ3n) is 3.40. The van der Waals surface area contributed by atoms with E-state index in [1.165, 1.54) is 6.26 Å². The van der Waals surface area contributed by atoms with Crippen molar-refractivity contribution in [1.29, 1.82) is 0 Å². The molecule has 0 spiro atoms. The Bertz CT molecular complexity index is 868. The molecular weight excluding hydrogens is 354 g/mol. The van der Waals surface area contributed by atoms with Gasteiger partial charge >= 0.3 is 5.97 Å². The van der Waals surface area contributed by atoms with Gasteiger partial charge < -0.3 is 19.2 Å². The lowest BCUT2D eigenvalue weighted by Crippen LogP contribution is -2.11. The number of esters is 1. The molecule has 1 N–H and O–H groups in total. The molecule has 2 aromatic heterocycles. The smallest absolute Gasteiger partial charge is 0.348 e. The van der Waals surface area contributed by atoms with E-state index in [-0.39, 0.29) is 24.9 Å². The lowest BCUT2D eigenvalue weighted by Gasteiger charge is -2.07. The normalized spacial score (nSPS) is 10.3. The molecule has 0 bridgehead atoms. The van der Waals surface area contributed by atoms with Gasteiger partial charge in [-0.1, -0.05) is 17.7 Å². The molecule has 3 aromatic rings. The van der Waals surface area contributed by atoms with Gasteiger partial charge in [-0.05, 0) is 43.3 Å². The van der Waals surface area contributed by atoms with Crippen LogP contribution < -0.4 is 10.1 Å². The largest absolute Gasteiger partial charge is 0.490 e. The Kier molecular flexibility index (Phi) is 5.70. The average Bonchev–Trinajstić information content (AvgIpc) is 3.32. The summed E-state index contributed by atoms with van der Waals surface area (Å²) in [7, 11) is 0. The topological polar surface area (TPSA) is 77.8 Å². The lowest BCUT2D eigenvalue weighted by atomic mass is 10.2. The number of amides is 1. The summed E-state index contributed by atoms with van der Waals surface area (Å²) in [5.41, 5.74) is 1.15. The fourth-order valence-electron chi connectivity index (χ4n) is 2.10. The first kappa shape index (κ1) is 17.8. The molecule has 1 aromatic carbocycles. The van der Waals surface area contributed by atoms with Crippen LogP contribution in [0.25, 0.3) is 0 Å². The van der Waals surface area contributed by atoms with Crippen molar-refractivity contribution in [3.8, 4) is 5.75 Å². The van der Waals surface area contributed by atoms with Crippen molar-refractivity contribution in [2.24, 2.45) is 0 Å². The molecule has 0 atom stereocenters. The molecular formula is C19H17NO5S. The number of rotatable bonds is 7. The minimum atomic E-state index is -0.457. The van der Waals surface area contributed by atoms with Crippen molar-refractivity contribution in [2.75, 3.05) is 18.5 Å². The van der Waals surface area contributed by atoms with Crippen LogP contribution in [0.1, 0.15) is 25.8 Å². The molecule has 7 heteroatoms. The monoisotopic (exact) mass is 371 g/mol. The first-order chi connectivity index (χ1) is 12.6. The fourth-order valence-corrected chi connectivity index (χ4v) is 2.89. The van der Waals surface area contributed by atoms with Crippen LogP contribution in [0.4, 0.5) is 5.00 Å². The van der Waals surface area contributed by atoms with E-state index in [9.17, 15) is 9.59 Å². The standard InChI is InChI=1S/C19H17NO5S/c1-13-4-6-14(7-5-13)23-11-12-25-19(22)16-8-9-17(26-16)20-18(21)15-3-2-10-24-15/h2-10H,11-12H2,1H3,(H,20,21). The van der Waals surface area contributed by atoms with Crippen molar-refractivity contribution in [2.45, 2.75) is 6.92 Å². The zero-order valence-corrected chi connectivity index (χ0v) is 14.9. The molecule has 26 heavy (non-hydrogen) atoms. The molecule has 2 heterocycles. The number of hydrogen-bond donors (Lipinski definition) is 1. The highest BCUT2D eigenvalue weighted by molar-refractivity contribution is 7.18. The summed E-state index contributed by atoms with van der Waals surface area (Å²) in [6, 6.07) is 14.1. The van der Waals surface area contributed by atoms with E-state index in [4.69, 9.17) is 13.9 Å². The maximum Gasteiger partial charge on any atom is 0.348 e. The number of hydrogen-bond acceptors (Lipinski definition) is 6. The minimum absolute atomic E-state index is 0.138. The quantitative estimate of drug-likeness (QED) is 0.499. The number of nitrogens with one attached hydrogen (secondary N) is 1. The van der Waals surface area contributed by atoms with E-state index >= 15 is 0 Å². The van der Waals surface area contributed by atoms with Crippen LogP contribution in [-0.2, 0) is 4.74 Å². The van der Waals surface area contributed by atoms with Crippen LogP contribution in [0.5, 0.6) is 5.75 Å². The zero-order valence-electron chi connectivity index (χ0n) is 14.1. The Hall–Kier alpha value is -3.06. The van der Waals surface area contributed by atoms with Crippen LogP contribution in [0.2, 0.25) is 0 Å². The highest BCUT2D eigenvalue weighted by Gasteiger charge is 2.14. The predicted octanol–water partition coefficient (Wildman–Crippen LogP) is 4.14. The van der Waals surface area contributed by atoms with Crippen LogP contribution >= 0.6 is 11.3 Å². The van der Waals surface area contributed by atoms with Gasteiger partial charge in [0.25, 0.3) is 5.91 Å². The number of ether oxygens (including phenoxy) is 2. The number of carbonyl (C=O) groups excluding carboxylic acids is 2. The minimum Gasteiger partial charge on any atom is -0.490 e. The highest BCUT2D eigenvalue weighted by atomic mass is 32.1. The van der Waals surface area contributed by atoms with Crippen molar-refractivity contribution >= 4 is 28.2 Å².